The molecule has 6 nitrogen and oxygen atoms in total. The Bertz CT molecular complexity index is 938. The minimum Gasteiger partial charge on any atom is -0.326 e. The number of anilines is 2. The van der Waals surface area contributed by atoms with Gasteiger partial charge < -0.3 is 5.32 Å². The maximum atomic E-state index is 12.4. The zero-order chi connectivity index (χ0) is 18.5. The number of carbonyl (C=O) groups is 2. The van der Waals surface area contributed by atoms with E-state index in [-0.39, 0.29) is 11.8 Å². The second kappa shape index (κ2) is 8.11. The number of pyridine rings is 1. The lowest BCUT2D eigenvalue weighted by atomic mass is 10.1. The number of benzene rings is 1. The first-order chi connectivity index (χ1) is 12.6. The number of hydrogen-bond donors (Lipinski definition) is 2. The summed E-state index contributed by atoms with van der Waals surface area (Å²) >= 11 is 2.78. The van der Waals surface area contributed by atoms with Crippen LogP contribution in [0.5, 0.6) is 0 Å². The van der Waals surface area contributed by atoms with E-state index in [9.17, 15) is 9.59 Å². The number of amides is 2. The van der Waals surface area contributed by atoms with Gasteiger partial charge >= 0.3 is 0 Å². The molecule has 0 radical (unpaired) electrons. The van der Waals surface area contributed by atoms with Crippen molar-refractivity contribution in [2.45, 2.75) is 11.9 Å². The minimum atomic E-state index is -0.232. The first-order valence-electron chi connectivity index (χ1n) is 7.70. The SMILES string of the molecule is CSc1ncccc1C(=O)Nc1nc(-c2ccc(NC(C)=O)cc2)cs1. The lowest BCUT2D eigenvalue weighted by Crippen LogP contribution is -2.13. The van der Waals surface area contributed by atoms with Gasteiger partial charge in [-0.05, 0) is 30.5 Å². The molecule has 0 aliphatic rings. The molecule has 2 aromatic heterocycles. The summed E-state index contributed by atoms with van der Waals surface area (Å²) in [7, 11) is 0. The molecule has 1 aromatic carbocycles. The standard InChI is InChI=1S/C18H16N4O2S2/c1-11(23)20-13-7-5-12(6-8-13)15-10-26-18(21-15)22-16(24)14-4-3-9-19-17(14)25-2/h3-10H,1-2H3,(H,20,23)(H,21,22,24). The number of thiazole rings is 1. The third-order valence-electron chi connectivity index (χ3n) is 3.43. The van der Waals surface area contributed by atoms with E-state index in [0.29, 0.717) is 15.7 Å². The van der Waals surface area contributed by atoms with Gasteiger partial charge in [0.2, 0.25) is 5.91 Å². The molecule has 8 heteroatoms. The Balaban J connectivity index is 1.73. The Morgan fingerprint density at radius 1 is 1.12 bits per heavy atom. The molecular formula is C18H16N4O2S2. The average molecular weight is 384 g/mol. The van der Waals surface area contributed by atoms with Crippen molar-refractivity contribution in [1.82, 2.24) is 9.97 Å². The summed E-state index contributed by atoms with van der Waals surface area (Å²) in [6, 6.07) is 10.9. The van der Waals surface area contributed by atoms with Crippen LogP contribution in [0.4, 0.5) is 10.8 Å². The van der Waals surface area contributed by atoms with Gasteiger partial charge in [-0.2, -0.15) is 0 Å². The number of hydrogen-bond acceptors (Lipinski definition) is 6. The largest absolute Gasteiger partial charge is 0.326 e. The highest BCUT2D eigenvalue weighted by Gasteiger charge is 2.14. The van der Waals surface area contributed by atoms with Gasteiger partial charge in [-0.15, -0.1) is 23.1 Å². The van der Waals surface area contributed by atoms with Crippen molar-refractivity contribution in [3.63, 3.8) is 0 Å². The van der Waals surface area contributed by atoms with Crippen LogP contribution in [-0.4, -0.2) is 28.0 Å². The molecule has 0 aliphatic carbocycles. The maximum Gasteiger partial charge on any atom is 0.260 e. The van der Waals surface area contributed by atoms with E-state index in [0.717, 1.165) is 16.9 Å². The van der Waals surface area contributed by atoms with Crippen LogP contribution in [0.2, 0.25) is 0 Å². The van der Waals surface area contributed by atoms with Crippen molar-refractivity contribution in [1.29, 1.82) is 0 Å². The highest BCUT2D eigenvalue weighted by molar-refractivity contribution is 7.98. The fourth-order valence-electron chi connectivity index (χ4n) is 2.28. The Kier molecular flexibility index (Phi) is 5.65. The van der Waals surface area contributed by atoms with Gasteiger partial charge in [0.05, 0.1) is 11.3 Å². The van der Waals surface area contributed by atoms with E-state index in [1.807, 2.05) is 35.9 Å². The Labute approximate surface area is 159 Å². The summed E-state index contributed by atoms with van der Waals surface area (Å²) in [5.41, 5.74) is 2.92. The summed E-state index contributed by atoms with van der Waals surface area (Å²) in [5, 5.41) is 8.61. The average Bonchev–Trinajstić information content (AvgIpc) is 3.10. The summed E-state index contributed by atoms with van der Waals surface area (Å²) in [6.07, 6.45) is 3.54. The number of carbonyl (C=O) groups excluding carboxylic acids is 2. The van der Waals surface area contributed by atoms with Crippen molar-refractivity contribution in [3.05, 3.63) is 53.5 Å². The third kappa shape index (κ3) is 4.27. The quantitative estimate of drug-likeness (QED) is 0.646. The molecule has 0 atom stereocenters. The fourth-order valence-corrected chi connectivity index (χ4v) is 3.54. The first-order valence-corrected chi connectivity index (χ1v) is 9.81. The van der Waals surface area contributed by atoms with Gasteiger partial charge in [-0.1, -0.05) is 12.1 Å². The van der Waals surface area contributed by atoms with Crippen LogP contribution in [0, 0.1) is 0 Å². The molecule has 0 fully saturated rings. The number of nitrogens with zero attached hydrogens (tertiary/aromatic N) is 2. The van der Waals surface area contributed by atoms with Crippen molar-refractivity contribution in [2.24, 2.45) is 0 Å². The Morgan fingerprint density at radius 2 is 1.88 bits per heavy atom. The van der Waals surface area contributed by atoms with Crippen LogP contribution in [0.15, 0.2) is 53.0 Å². The van der Waals surface area contributed by atoms with Gasteiger partial charge in [0.1, 0.15) is 5.03 Å². The van der Waals surface area contributed by atoms with E-state index in [1.165, 1.54) is 30.0 Å². The predicted molar refractivity (Wildman–Crippen MR) is 106 cm³/mol. The number of aromatic nitrogens is 2. The Morgan fingerprint density at radius 3 is 2.58 bits per heavy atom. The molecule has 0 aliphatic heterocycles. The molecule has 2 heterocycles. The molecule has 3 aromatic rings. The summed E-state index contributed by atoms with van der Waals surface area (Å²) in [4.78, 5) is 32.2. The zero-order valence-electron chi connectivity index (χ0n) is 14.1. The van der Waals surface area contributed by atoms with E-state index in [2.05, 4.69) is 20.6 Å². The van der Waals surface area contributed by atoms with Crippen LogP contribution in [0.25, 0.3) is 11.3 Å². The molecule has 132 valence electrons. The van der Waals surface area contributed by atoms with Crippen LogP contribution in [-0.2, 0) is 4.79 Å². The summed E-state index contributed by atoms with van der Waals surface area (Å²) < 4.78 is 0. The maximum absolute atomic E-state index is 12.4. The lowest BCUT2D eigenvalue weighted by Gasteiger charge is -2.05. The van der Waals surface area contributed by atoms with Crippen molar-refractivity contribution in [3.8, 4) is 11.3 Å². The van der Waals surface area contributed by atoms with Gasteiger partial charge in [-0.25, -0.2) is 9.97 Å². The second-order valence-corrected chi connectivity index (χ2v) is 6.96. The zero-order valence-corrected chi connectivity index (χ0v) is 15.8. The molecule has 3 rings (SSSR count). The van der Waals surface area contributed by atoms with Crippen LogP contribution in [0.3, 0.4) is 0 Å². The second-order valence-electron chi connectivity index (χ2n) is 5.31. The molecule has 2 N–H and O–H groups in total. The van der Waals surface area contributed by atoms with Gasteiger partial charge in [0.15, 0.2) is 5.13 Å². The summed E-state index contributed by atoms with van der Waals surface area (Å²) in [5.74, 6) is -0.347. The van der Waals surface area contributed by atoms with Crippen molar-refractivity contribution in [2.75, 3.05) is 16.9 Å². The van der Waals surface area contributed by atoms with Gasteiger partial charge in [-0.3, -0.25) is 14.9 Å². The predicted octanol–water partition coefficient (Wildman–Crippen LogP) is 4.14. The molecule has 0 saturated carbocycles. The van der Waals surface area contributed by atoms with Crippen LogP contribution < -0.4 is 10.6 Å². The minimum absolute atomic E-state index is 0.114. The topological polar surface area (TPSA) is 84.0 Å². The molecular weight excluding hydrogens is 368 g/mol. The summed E-state index contributed by atoms with van der Waals surface area (Å²) in [6.45, 7) is 1.47. The van der Waals surface area contributed by atoms with Crippen molar-refractivity contribution >= 4 is 45.7 Å². The first kappa shape index (κ1) is 18.1. The smallest absolute Gasteiger partial charge is 0.260 e. The molecule has 26 heavy (non-hydrogen) atoms. The number of rotatable bonds is 5. The molecule has 0 unspecified atom stereocenters. The molecule has 0 spiro atoms. The van der Waals surface area contributed by atoms with E-state index in [1.54, 1.807) is 18.3 Å². The number of nitrogens with one attached hydrogen (secondary N) is 2. The van der Waals surface area contributed by atoms with E-state index in [4.69, 9.17) is 0 Å². The lowest BCUT2D eigenvalue weighted by molar-refractivity contribution is -0.114. The van der Waals surface area contributed by atoms with Gasteiger partial charge in [0, 0.05) is 29.8 Å². The normalized spacial score (nSPS) is 10.4. The third-order valence-corrected chi connectivity index (χ3v) is 4.90. The monoisotopic (exact) mass is 384 g/mol. The Hall–Kier alpha value is -2.71. The van der Waals surface area contributed by atoms with Crippen LogP contribution >= 0.6 is 23.1 Å². The highest BCUT2D eigenvalue weighted by atomic mass is 32.2. The molecule has 0 bridgehead atoms. The van der Waals surface area contributed by atoms with Crippen molar-refractivity contribution < 1.29 is 9.59 Å². The van der Waals surface area contributed by atoms with E-state index < -0.39 is 0 Å². The van der Waals surface area contributed by atoms with Gasteiger partial charge in [0.25, 0.3) is 5.91 Å². The van der Waals surface area contributed by atoms with E-state index >= 15 is 0 Å². The molecule has 0 saturated heterocycles. The highest BCUT2D eigenvalue weighted by Crippen LogP contribution is 2.27. The molecule has 2 amide bonds. The fraction of sp³-hybridized carbons (Fsp3) is 0.111. The van der Waals surface area contributed by atoms with Crippen LogP contribution in [0.1, 0.15) is 17.3 Å². The number of thioether (sulfide) groups is 1.